The highest BCUT2D eigenvalue weighted by Crippen LogP contribution is 2.61. The zero-order valence-electron chi connectivity index (χ0n) is 27.6. The van der Waals surface area contributed by atoms with Crippen molar-refractivity contribution < 1.29 is 49.0 Å². The third-order valence-electron chi connectivity index (χ3n) is 11.0. The van der Waals surface area contributed by atoms with Crippen molar-refractivity contribution in [1.29, 1.82) is 0 Å². The molecule has 276 valence electrons. The van der Waals surface area contributed by atoms with Crippen molar-refractivity contribution in [2.24, 2.45) is 30.2 Å². The van der Waals surface area contributed by atoms with Crippen LogP contribution in [0.25, 0.3) is 0 Å². The molecule has 1 aliphatic heterocycles. The van der Waals surface area contributed by atoms with Gasteiger partial charge in [-0.3, -0.25) is 4.79 Å². The fourth-order valence-corrected chi connectivity index (χ4v) is 9.47. The summed E-state index contributed by atoms with van der Waals surface area (Å²) in [5.74, 6) is 0.382. The molecule has 0 N–H and O–H groups in total. The topological polar surface area (TPSA) is 76.4 Å². The molecule has 1 amide bonds. The van der Waals surface area contributed by atoms with Gasteiger partial charge in [0.1, 0.15) is 5.75 Å². The predicted octanol–water partition coefficient (Wildman–Crippen LogP) is 8.63. The second-order valence-electron chi connectivity index (χ2n) is 14.6. The number of amides is 1. The number of benzene rings is 2. The molecule has 17 heteroatoms. The summed E-state index contributed by atoms with van der Waals surface area (Å²) in [4.78, 5) is 18.9. The van der Waals surface area contributed by atoms with Gasteiger partial charge in [-0.1, -0.05) is 12.0 Å². The maximum Gasteiger partial charge on any atom is 0.573 e. The molecule has 8 rings (SSSR count). The Morgan fingerprint density at radius 3 is 1.96 bits per heavy atom. The normalized spacial score (nSPS) is 27.4. The largest absolute Gasteiger partial charge is 0.573 e. The summed E-state index contributed by atoms with van der Waals surface area (Å²) >= 11 is 0. The molecule has 4 saturated carbocycles. The van der Waals surface area contributed by atoms with Gasteiger partial charge in [0.15, 0.2) is 0 Å². The first-order valence-corrected chi connectivity index (χ1v) is 16.8. The molecule has 4 aliphatic carbocycles. The summed E-state index contributed by atoms with van der Waals surface area (Å²) in [6.45, 7) is 1.24. The van der Waals surface area contributed by atoms with Crippen LogP contribution in [0.15, 0.2) is 36.4 Å². The van der Waals surface area contributed by atoms with Crippen molar-refractivity contribution >= 4 is 17.5 Å². The Balaban J connectivity index is 1.35. The minimum absolute atomic E-state index is 0.0200. The summed E-state index contributed by atoms with van der Waals surface area (Å²) in [5.41, 5.74) is -3.61. The number of ether oxygens (including phenoxy) is 1. The average Bonchev–Trinajstić information content (AvgIpc) is 3.46. The molecular formula is C34H35F9N6O2. The lowest BCUT2D eigenvalue weighted by atomic mass is 9.49. The summed E-state index contributed by atoms with van der Waals surface area (Å²) in [7, 11) is 1.41. The maximum absolute atomic E-state index is 14.9. The molecule has 2 unspecified atom stereocenters. The summed E-state index contributed by atoms with van der Waals surface area (Å²) in [5, 5.41) is 12.0. The van der Waals surface area contributed by atoms with E-state index in [0.717, 1.165) is 55.5 Å². The van der Waals surface area contributed by atoms with E-state index in [-0.39, 0.29) is 29.9 Å². The van der Waals surface area contributed by atoms with Crippen LogP contribution in [-0.2, 0) is 30.7 Å². The first-order chi connectivity index (χ1) is 23.8. The fourth-order valence-electron chi connectivity index (χ4n) is 9.47. The molecule has 4 fully saturated rings. The second kappa shape index (κ2) is 12.3. The number of tetrazole rings is 1. The van der Waals surface area contributed by atoms with Gasteiger partial charge >= 0.3 is 18.7 Å². The number of carbonyl (C=O) groups is 1. The van der Waals surface area contributed by atoms with Gasteiger partial charge in [0, 0.05) is 23.8 Å². The number of rotatable bonds is 7. The summed E-state index contributed by atoms with van der Waals surface area (Å²) in [6, 6.07) is 3.26. The SMILES string of the molecule is CCC1CC(N(Cc2cc(C(F)(F)F)cc(C(F)(F)F)c2)c2nnn(C)n2)c2cc(OC(F)(F)F)ccc2N1C(=O)C12CC3CC(CC(C3)C1)C2. The highest BCUT2D eigenvalue weighted by atomic mass is 19.4. The van der Waals surface area contributed by atoms with Gasteiger partial charge in [0.2, 0.25) is 5.91 Å². The number of fused-ring (bicyclic) bond motifs is 1. The number of aryl methyl sites for hydroxylation is 1. The van der Waals surface area contributed by atoms with Gasteiger partial charge in [-0.25, -0.2) is 0 Å². The van der Waals surface area contributed by atoms with Gasteiger partial charge < -0.3 is 14.5 Å². The molecule has 0 radical (unpaired) electrons. The molecule has 1 aromatic heterocycles. The number of carbonyl (C=O) groups excluding carboxylic acids is 1. The lowest BCUT2D eigenvalue weighted by Crippen LogP contribution is -2.58. The third kappa shape index (κ3) is 6.84. The zero-order valence-corrected chi connectivity index (χ0v) is 27.6. The van der Waals surface area contributed by atoms with E-state index in [1.807, 2.05) is 6.92 Å². The highest BCUT2D eigenvalue weighted by molar-refractivity contribution is 6.00. The maximum atomic E-state index is 14.9. The summed E-state index contributed by atoms with van der Waals surface area (Å²) in [6.07, 6.45) is -9.43. The first kappa shape index (κ1) is 35.4. The number of nitrogens with zero attached hydrogens (tertiary/aromatic N) is 6. The first-order valence-electron chi connectivity index (χ1n) is 16.8. The molecule has 8 nitrogen and oxygen atoms in total. The number of anilines is 2. The lowest BCUT2D eigenvalue weighted by molar-refractivity contribution is -0.274. The number of halogens is 9. The average molecular weight is 731 g/mol. The Hall–Kier alpha value is -4.05. The molecule has 5 aliphatic rings. The van der Waals surface area contributed by atoms with E-state index in [0.29, 0.717) is 42.0 Å². The highest BCUT2D eigenvalue weighted by Gasteiger charge is 2.57. The van der Waals surface area contributed by atoms with Crippen molar-refractivity contribution in [2.45, 2.75) is 95.6 Å². The smallest absolute Gasteiger partial charge is 0.406 e. The van der Waals surface area contributed by atoms with Crippen molar-refractivity contribution in [1.82, 2.24) is 20.2 Å². The molecule has 2 aromatic carbocycles. The zero-order chi connectivity index (χ0) is 36.7. The van der Waals surface area contributed by atoms with Crippen LogP contribution in [0.1, 0.15) is 86.6 Å². The molecule has 2 heterocycles. The Morgan fingerprint density at radius 2 is 1.47 bits per heavy atom. The molecule has 4 bridgehead atoms. The van der Waals surface area contributed by atoms with Crippen LogP contribution in [0.5, 0.6) is 5.75 Å². The van der Waals surface area contributed by atoms with Crippen molar-refractivity contribution in [2.75, 3.05) is 9.80 Å². The van der Waals surface area contributed by atoms with Crippen LogP contribution in [-0.4, -0.2) is 38.5 Å². The van der Waals surface area contributed by atoms with E-state index in [2.05, 4.69) is 20.1 Å². The van der Waals surface area contributed by atoms with E-state index in [4.69, 9.17) is 0 Å². The van der Waals surface area contributed by atoms with E-state index >= 15 is 0 Å². The predicted molar refractivity (Wildman–Crippen MR) is 164 cm³/mol. The quantitative estimate of drug-likeness (QED) is 0.227. The number of alkyl halides is 9. The number of hydrogen-bond acceptors (Lipinski definition) is 6. The minimum atomic E-state index is -5.11. The summed E-state index contributed by atoms with van der Waals surface area (Å²) < 4.78 is 128. The molecule has 2 atom stereocenters. The van der Waals surface area contributed by atoms with E-state index in [1.54, 1.807) is 4.90 Å². The van der Waals surface area contributed by atoms with E-state index < -0.39 is 65.2 Å². The van der Waals surface area contributed by atoms with Crippen molar-refractivity contribution in [3.63, 3.8) is 0 Å². The number of aromatic nitrogens is 4. The van der Waals surface area contributed by atoms with Crippen LogP contribution < -0.4 is 14.5 Å². The van der Waals surface area contributed by atoms with Gasteiger partial charge in [-0.15, -0.1) is 18.3 Å². The van der Waals surface area contributed by atoms with Gasteiger partial charge in [-0.2, -0.15) is 31.1 Å². The van der Waals surface area contributed by atoms with Crippen LogP contribution >= 0.6 is 0 Å². The van der Waals surface area contributed by atoms with Crippen LogP contribution in [0.2, 0.25) is 0 Å². The number of hydrogen-bond donors (Lipinski definition) is 0. The standard InChI is InChI=1S/C34H35F9N6O2/c1-3-24-12-28(48(30-44-46-47(2)45-30)17-21-9-22(32(35,36)37)11-23(10-21)33(38,39)40)26-13-25(51-34(41,42)43)4-5-27(26)49(24)29(50)31-14-18-6-19(15-31)8-20(7-18)16-31/h4-5,9-11,13,18-20,24,28H,3,6-8,12,14-17H2,1-2H3. The molecular weight excluding hydrogens is 695 g/mol. The Labute approximate surface area is 286 Å². The Bertz CT molecular complexity index is 1740. The minimum Gasteiger partial charge on any atom is -0.406 e. The monoisotopic (exact) mass is 730 g/mol. The van der Waals surface area contributed by atoms with E-state index in [9.17, 15) is 44.3 Å². The van der Waals surface area contributed by atoms with Gasteiger partial charge in [-0.05, 0) is 116 Å². The van der Waals surface area contributed by atoms with Gasteiger partial charge in [0.05, 0.1) is 29.6 Å². The van der Waals surface area contributed by atoms with E-state index in [1.165, 1.54) is 18.0 Å². The second-order valence-corrected chi connectivity index (χ2v) is 14.6. The Morgan fingerprint density at radius 1 is 0.882 bits per heavy atom. The van der Waals surface area contributed by atoms with Gasteiger partial charge in [0.25, 0.3) is 5.95 Å². The molecule has 3 aromatic rings. The van der Waals surface area contributed by atoms with Crippen LogP contribution in [0.4, 0.5) is 51.1 Å². The molecule has 51 heavy (non-hydrogen) atoms. The van der Waals surface area contributed by atoms with Crippen molar-refractivity contribution in [3.05, 3.63) is 58.7 Å². The van der Waals surface area contributed by atoms with Crippen LogP contribution in [0, 0.1) is 23.2 Å². The van der Waals surface area contributed by atoms with Crippen molar-refractivity contribution in [3.8, 4) is 5.75 Å². The molecule has 0 spiro atoms. The Kier molecular flexibility index (Phi) is 8.51. The fraction of sp³-hybridized carbons (Fsp3) is 0.588. The lowest BCUT2D eigenvalue weighted by Gasteiger charge is -2.57. The molecule has 0 saturated heterocycles. The third-order valence-corrected chi connectivity index (χ3v) is 11.0. The van der Waals surface area contributed by atoms with Crippen LogP contribution in [0.3, 0.4) is 0 Å².